The Bertz CT molecular complexity index is 558. The molecule has 1 amide bonds. The number of fused-ring (bicyclic) bond motifs is 2. The fourth-order valence-corrected chi connectivity index (χ4v) is 3.50. The Morgan fingerprint density at radius 1 is 1.36 bits per heavy atom. The van der Waals surface area contributed by atoms with Crippen LogP contribution in [0.25, 0.3) is 0 Å². The van der Waals surface area contributed by atoms with Gasteiger partial charge < -0.3 is 15.0 Å². The van der Waals surface area contributed by atoms with Gasteiger partial charge in [-0.3, -0.25) is 0 Å². The van der Waals surface area contributed by atoms with Crippen molar-refractivity contribution in [1.29, 1.82) is 0 Å². The van der Waals surface area contributed by atoms with E-state index in [1.54, 1.807) is 12.4 Å². The quantitative estimate of drug-likeness (QED) is 0.867. The van der Waals surface area contributed by atoms with E-state index in [0.29, 0.717) is 5.95 Å². The van der Waals surface area contributed by atoms with Crippen LogP contribution in [0.5, 0.6) is 0 Å². The highest BCUT2D eigenvalue weighted by Gasteiger charge is 2.50. The van der Waals surface area contributed by atoms with E-state index in [1.165, 1.54) is 0 Å². The largest absolute Gasteiger partial charge is 0.444 e. The van der Waals surface area contributed by atoms with Crippen molar-refractivity contribution < 1.29 is 9.53 Å². The number of nitrogens with one attached hydrogen (secondary N) is 1. The lowest BCUT2D eigenvalue weighted by Gasteiger charge is -2.28. The van der Waals surface area contributed by atoms with Crippen molar-refractivity contribution >= 4 is 28.0 Å². The summed E-state index contributed by atoms with van der Waals surface area (Å²) in [5.41, 5.74) is -0.461. The van der Waals surface area contributed by atoms with Crippen LogP contribution in [0.15, 0.2) is 16.9 Å². The van der Waals surface area contributed by atoms with Crippen LogP contribution in [0.1, 0.15) is 40.0 Å². The predicted octanol–water partition coefficient (Wildman–Crippen LogP) is 3.19. The summed E-state index contributed by atoms with van der Waals surface area (Å²) in [6.45, 7) is 5.69. The van der Waals surface area contributed by atoms with Crippen LogP contribution >= 0.6 is 15.9 Å². The van der Waals surface area contributed by atoms with E-state index in [4.69, 9.17) is 4.74 Å². The van der Waals surface area contributed by atoms with Crippen molar-refractivity contribution in [2.75, 3.05) is 5.32 Å². The molecule has 0 spiro atoms. The van der Waals surface area contributed by atoms with Gasteiger partial charge in [0.1, 0.15) is 5.60 Å². The van der Waals surface area contributed by atoms with Gasteiger partial charge in [0.2, 0.25) is 5.95 Å². The molecule has 6 nitrogen and oxygen atoms in total. The second kappa shape index (κ2) is 5.68. The summed E-state index contributed by atoms with van der Waals surface area (Å²) in [4.78, 5) is 22.8. The molecular formula is C15H21BrN4O2. The Kier molecular flexibility index (Phi) is 4.01. The van der Waals surface area contributed by atoms with Gasteiger partial charge in [-0.25, -0.2) is 14.8 Å². The van der Waals surface area contributed by atoms with Gasteiger partial charge in [-0.1, -0.05) is 0 Å². The van der Waals surface area contributed by atoms with E-state index in [0.717, 1.165) is 23.7 Å². The van der Waals surface area contributed by atoms with Crippen molar-refractivity contribution in [3.05, 3.63) is 16.9 Å². The number of carbonyl (C=O) groups is 1. The maximum atomic E-state index is 12.4. The molecule has 2 bridgehead atoms. The summed E-state index contributed by atoms with van der Waals surface area (Å²) in [6, 6.07) is 0.604. The molecule has 1 aromatic rings. The first-order chi connectivity index (χ1) is 10.3. The minimum atomic E-state index is -0.461. The summed E-state index contributed by atoms with van der Waals surface area (Å²) < 4.78 is 6.39. The molecule has 2 saturated heterocycles. The number of amides is 1. The minimum absolute atomic E-state index is 0.159. The van der Waals surface area contributed by atoms with Gasteiger partial charge in [0.05, 0.1) is 16.6 Å². The van der Waals surface area contributed by atoms with E-state index < -0.39 is 5.60 Å². The number of hydrogen-bond donors (Lipinski definition) is 1. The van der Waals surface area contributed by atoms with E-state index >= 15 is 0 Å². The van der Waals surface area contributed by atoms with Crippen LogP contribution in [0.2, 0.25) is 0 Å². The summed E-state index contributed by atoms with van der Waals surface area (Å²) in [6.07, 6.45) is 6.19. The molecule has 3 atom stereocenters. The number of ether oxygens (including phenoxy) is 1. The number of nitrogens with zero attached hydrogens (tertiary/aromatic N) is 3. The smallest absolute Gasteiger partial charge is 0.410 e. The fraction of sp³-hybridized carbons (Fsp3) is 0.667. The average molecular weight is 369 g/mol. The van der Waals surface area contributed by atoms with Gasteiger partial charge in [0.25, 0.3) is 0 Å². The average Bonchev–Trinajstić information content (AvgIpc) is 2.97. The number of halogens is 1. The lowest BCUT2D eigenvalue weighted by Crippen LogP contribution is -2.42. The van der Waals surface area contributed by atoms with Gasteiger partial charge in [0, 0.05) is 18.4 Å². The first kappa shape index (κ1) is 15.5. The Balaban J connectivity index is 1.67. The van der Waals surface area contributed by atoms with Crippen molar-refractivity contribution in [2.24, 2.45) is 0 Å². The third-order valence-corrected chi connectivity index (χ3v) is 4.49. The van der Waals surface area contributed by atoms with Crippen molar-refractivity contribution in [1.82, 2.24) is 14.9 Å². The summed E-state index contributed by atoms with van der Waals surface area (Å²) >= 11 is 3.33. The molecule has 120 valence electrons. The zero-order valence-electron chi connectivity index (χ0n) is 13.0. The Morgan fingerprint density at radius 3 is 2.68 bits per heavy atom. The van der Waals surface area contributed by atoms with E-state index in [1.807, 2.05) is 25.7 Å². The lowest BCUT2D eigenvalue weighted by atomic mass is 9.96. The van der Waals surface area contributed by atoms with Crippen LogP contribution in [0.3, 0.4) is 0 Å². The molecule has 1 N–H and O–H groups in total. The van der Waals surface area contributed by atoms with Gasteiger partial charge in [-0.2, -0.15) is 0 Å². The highest BCUT2D eigenvalue weighted by Crippen LogP contribution is 2.39. The molecule has 0 saturated carbocycles. The second-order valence-corrected chi connectivity index (χ2v) is 7.81. The highest BCUT2D eigenvalue weighted by atomic mass is 79.9. The third-order valence-electron chi connectivity index (χ3n) is 4.08. The molecule has 0 aliphatic carbocycles. The van der Waals surface area contributed by atoms with Crippen LogP contribution in [0, 0.1) is 0 Å². The summed E-state index contributed by atoms with van der Waals surface area (Å²) in [5.74, 6) is 0.602. The lowest BCUT2D eigenvalue weighted by molar-refractivity contribution is 0.0214. The van der Waals surface area contributed by atoms with Crippen LogP contribution < -0.4 is 5.32 Å². The normalized spacial score (nSPS) is 27.1. The standard InChI is InChI=1S/C15H21BrN4O2/c1-15(2,3)22-14(21)20-10-4-5-12(20)11(6-10)19-13-17-7-9(16)8-18-13/h7-8,10-12H,4-6H2,1-3H3,(H,17,18,19). The summed E-state index contributed by atoms with van der Waals surface area (Å²) in [7, 11) is 0. The molecule has 2 aliphatic heterocycles. The summed E-state index contributed by atoms with van der Waals surface area (Å²) in [5, 5.41) is 3.35. The van der Waals surface area contributed by atoms with Crippen molar-refractivity contribution in [2.45, 2.75) is 63.8 Å². The van der Waals surface area contributed by atoms with E-state index in [2.05, 4.69) is 31.2 Å². The van der Waals surface area contributed by atoms with Crippen LogP contribution in [0.4, 0.5) is 10.7 Å². The predicted molar refractivity (Wildman–Crippen MR) is 86.6 cm³/mol. The third kappa shape index (κ3) is 3.19. The number of carbonyl (C=O) groups excluding carboxylic acids is 1. The molecule has 2 aliphatic rings. The monoisotopic (exact) mass is 368 g/mol. The number of anilines is 1. The molecule has 3 heterocycles. The first-order valence-electron chi connectivity index (χ1n) is 7.59. The van der Waals surface area contributed by atoms with E-state index in [9.17, 15) is 4.79 Å². The molecule has 0 aromatic carbocycles. The fourth-order valence-electron chi connectivity index (χ4n) is 3.30. The molecule has 2 fully saturated rings. The SMILES string of the molecule is CC(C)(C)OC(=O)N1C2CCC1C(Nc1ncc(Br)cn1)C2. The Hall–Kier alpha value is -1.37. The number of rotatable bonds is 2. The second-order valence-electron chi connectivity index (χ2n) is 6.90. The molecule has 3 rings (SSSR count). The van der Waals surface area contributed by atoms with Crippen molar-refractivity contribution in [3.63, 3.8) is 0 Å². The number of hydrogen-bond acceptors (Lipinski definition) is 5. The van der Waals surface area contributed by atoms with Crippen LogP contribution in [-0.4, -0.2) is 44.7 Å². The molecule has 3 unspecified atom stereocenters. The van der Waals surface area contributed by atoms with Gasteiger partial charge >= 0.3 is 6.09 Å². The minimum Gasteiger partial charge on any atom is -0.444 e. The highest BCUT2D eigenvalue weighted by molar-refractivity contribution is 9.10. The van der Waals surface area contributed by atoms with Crippen LogP contribution in [-0.2, 0) is 4.74 Å². The van der Waals surface area contributed by atoms with Crippen molar-refractivity contribution in [3.8, 4) is 0 Å². The Morgan fingerprint density at radius 2 is 2.05 bits per heavy atom. The first-order valence-corrected chi connectivity index (χ1v) is 8.38. The maximum Gasteiger partial charge on any atom is 0.410 e. The molecule has 0 radical (unpaired) electrons. The number of aromatic nitrogens is 2. The molecule has 1 aromatic heterocycles. The van der Waals surface area contributed by atoms with E-state index in [-0.39, 0.29) is 24.2 Å². The van der Waals surface area contributed by atoms with Gasteiger partial charge in [-0.15, -0.1) is 0 Å². The van der Waals surface area contributed by atoms with Gasteiger partial charge in [0.15, 0.2) is 0 Å². The zero-order valence-corrected chi connectivity index (χ0v) is 14.6. The topological polar surface area (TPSA) is 67.3 Å². The molecular weight excluding hydrogens is 348 g/mol. The molecule has 7 heteroatoms. The molecule has 22 heavy (non-hydrogen) atoms. The Labute approximate surface area is 138 Å². The maximum absolute atomic E-state index is 12.4. The van der Waals surface area contributed by atoms with Gasteiger partial charge in [-0.05, 0) is 56.0 Å². The zero-order chi connectivity index (χ0) is 15.9.